The van der Waals surface area contributed by atoms with E-state index in [-0.39, 0.29) is 18.5 Å². The molecule has 6 nitrogen and oxygen atoms in total. The standard InChI is InChI=1S/C26H25F2N3O3/c1-2-12-26(15-24(32)33)29-22-11-9-19(14-23(22)30-26)31(16-17-6-4-3-5-7-17)25(34)18-8-10-20(27)21(28)13-18/h3-11,13-14,29-30H,2,12,15-16H2,1H3,(H,32,33). The Morgan fingerprint density at radius 2 is 1.68 bits per heavy atom. The molecule has 8 heteroatoms. The number of hydrogen-bond acceptors (Lipinski definition) is 4. The summed E-state index contributed by atoms with van der Waals surface area (Å²) in [6.07, 6.45) is 1.24. The lowest BCUT2D eigenvalue weighted by atomic mass is 10.0. The van der Waals surface area contributed by atoms with Gasteiger partial charge < -0.3 is 20.6 Å². The second kappa shape index (κ2) is 9.51. The molecule has 4 rings (SSSR count). The summed E-state index contributed by atoms with van der Waals surface area (Å²) < 4.78 is 27.3. The van der Waals surface area contributed by atoms with E-state index < -0.39 is 29.2 Å². The summed E-state index contributed by atoms with van der Waals surface area (Å²) in [5, 5.41) is 16.0. The van der Waals surface area contributed by atoms with E-state index in [2.05, 4.69) is 10.6 Å². The van der Waals surface area contributed by atoms with Crippen molar-refractivity contribution in [3.05, 3.63) is 89.5 Å². The Balaban J connectivity index is 1.70. The van der Waals surface area contributed by atoms with Gasteiger partial charge in [-0.2, -0.15) is 0 Å². The number of fused-ring (bicyclic) bond motifs is 1. The molecule has 1 amide bonds. The van der Waals surface area contributed by atoms with Gasteiger partial charge in [-0.15, -0.1) is 0 Å². The van der Waals surface area contributed by atoms with Crippen LogP contribution >= 0.6 is 0 Å². The number of nitrogens with one attached hydrogen (secondary N) is 2. The van der Waals surface area contributed by atoms with Gasteiger partial charge in [0.25, 0.3) is 5.91 Å². The molecule has 3 N–H and O–H groups in total. The predicted molar refractivity (Wildman–Crippen MR) is 127 cm³/mol. The lowest BCUT2D eigenvalue weighted by molar-refractivity contribution is -0.138. The van der Waals surface area contributed by atoms with Crippen LogP contribution in [0, 0.1) is 11.6 Å². The van der Waals surface area contributed by atoms with Gasteiger partial charge in [0.05, 0.1) is 24.3 Å². The van der Waals surface area contributed by atoms with E-state index in [1.54, 1.807) is 18.2 Å². The Bertz CT molecular complexity index is 1220. The number of carboxylic acid groups (broad SMARTS) is 1. The third-order valence-corrected chi connectivity index (χ3v) is 5.79. The zero-order valence-corrected chi connectivity index (χ0v) is 18.6. The number of hydrogen-bond donors (Lipinski definition) is 3. The quantitative estimate of drug-likeness (QED) is 0.402. The number of rotatable bonds is 8. The van der Waals surface area contributed by atoms with Crippen LogP contribution in [-0.2, 0) is 11.3 Å². The Hall–Kier alpha value is -3.94. The first-order valence-electron chi connectivity index (χ1n) is 11.0. The number of carboxylic acids is 1. The summed E-state index contributed by atoms with van der Waals surface area (Å²) in [6.45, 7) is 2.18. The van der Waals surface area contributed by atoms with Crippen molar-refractivity contribution in [3.63, 3.8) is 0 Å². The Kier molecular flexibility index (Phi) is 6.49. The molecular formula is C26H25F2N3O3. The van der Waals surface area contributed by atoms with Crippen LogP contribution in [0.5, 0.6) is 0 Å². The molecule has 1 unspecified atom stereocenters. The summed E-state index contributed by atoms with van der Waals surface area (Å²) in [5.74, 6) is -3.53. The number of amides is 1. The number of aliphatic carboxylic acids is 1. The van der Waals surface area contributed by atoms with Crippen molar-refractivity contribution in [1.29, 1.82) is 0 Å². The van der Waals surface area contributed by atoms with Gasteiger partial charge in [0.15, 0.2) is 11.6 Å². The largest absolute Gasteiger partial charge is 0.481 e. The van der Waals surface area contributed by atoms with Crippen molar-refractivity contribution < 1.29 is 23.5 Å². The first-order valence-corrected chi connectivity index (χ1v) is 11.0. The van der Waals surface area contributed by atoms with Gasteiger partial charge in [-0.3, -0.25) is 9.59 Å². The summed E-state index contributed by atoms with van der Waals surface area (Å²) in [5.41, 5.74) is 2.00. The van der Waals surface area contributed by atoms with Crippen LogP contribution in [0.1, 0.15) is 42.1 Å². The van der Waals surface area contributed by atoms with Crippen molar-refractivity contribution in [3.8, 4) is 0 Å². The molecule has 0 aliphatic carbocycles. The molecule has 0 aromatic heterocycles. The third-order valence-electron chi connectivity index (χ3n) is 5.79. The van der Waals surface area contributed by atoms with Crippen LogP contribution in [0.4, 0.5) is 25.8 Å². The van der Waals surface area contributed by atoms with Crippen LogP contribution in [0.15, 0.2) is 66.7 Å². The molecule has 1 heterocycles. The number of nitrogens with zero attached hydrogens (tertiary/aromatic N) is 1. The van der Waals surface area contributed by atoms with Gasteiger partial charge in [-0.25, -0.2) is 8.78 Å². The predicted octanol–water partition coefficient (Wildman–Crippen LogP) is 5.62. The van der Waals surface area contributed by atoms with Gasteiger partial charge in [-0.05, 0) is 48.4 Å². The van der Waals surface area contributed by atoms with E-state index in [0.717, 1.165) is 29.8 Å². The van der Waals surface area contributed by atoms with Crippen molar-refractivity contribution in [2.75, 3.05) is 15.5 Å². The number of carbonyl (C=O) groups is 2. The maximum atomic E-state index is 13.9. The van der Waals surface area contributed by atoms with E-state index in [0.29, 0.717) is 17.8 Å². The van der Waals surface area contributed by atoms with Crippen molar-refractivity contribution in [2.45, 2.75) is 38.4 Å². The number of benzene rings is 3. The van der Waals surface area contributed by atoms with Gasteiger partial charge in [0.2, 0.25) is 0 Å². The SMILES string of the molecule is CCCC1(CC(=O)O)Nc2ccc(N(Cc3ccccc3)C(=O)c3ccc(F)c(F)c3)cc2N1. The highest BCUT2D eigenvalue weighted by Crippen LogP contribution is 2.40. The van der Waals surface area contributed by atoms with Crippen molar-refractivity contribution in [2.24, 2.45) is 0 Å². The molecular weight excluding hydrogens is 440 g/mol. The van der Waals surface area contributed by atoms with Crippen molar-refractivity contribution in [1.82, 2.24) is 0 Å². The zero-order valence-electron chi connectivity index (χ0n) is 18.6. The first kappa shape index (κ1) is 23.2. The Morgan fingerprint density at radius 1 is 0.941 bits per heavy atom. The molecule has 0 saturated carbocycles. The van der Waals surface area contributed by atoms with E-state index in [1.165, 1.54) is 11.0 Å². The summed E-state index contributed by atoms with van der Waals surface area (Å²) in [6, 6.07) is 17.7. The monoisotopic (exact) mass is 465 g/mol. The minimum absolute atomic E-state index is 0.0209. The molecule has 0 saturated heterocycles. The van der Waals surface area contributed by atoms with E-state index in [1.807, 2.05) is 37.3 Å². The number of halogens is 2. The topological polar surface area (TPSA) is 81.7 Å². The molecule has 3 aromatic rings. The summed E-state index contributed by atoms with van der Waals surface area (Å²) >= 11 is 0. The van der Waals surface area contributed by atoms with E-state index in [9.17, 15) is 23.5 Å². The molecule has 176 valence electrons. The second-order valence-electron chi connectivity index (χ2n) is 8.39. The molecule has 1 aliphatic rings. The van der Waals surface area contributed by atoms with Gasteiger partial charge in [-0.1, -0.05) is 43.7 Å². The van der Waals surface area contributed by atoms with Crippen LogP contribution in [-0.4, -0.2) is 22.6 Å². The third kappa shape index (κ3) is 4.85. The van der Waals surface area contributed by atoms with Gasteiger partial charge in [0, 0.05) is 11.3 Å². The lowest BCUT2D eigenvalue weighted by Gasteiger charge is -2.29. The maximum Gasteiger partial charge on any atom is 0.307 e. The highest BCUT2D eigenvalue weighted by Gasteiger charge is 2.38. The normalized spacial score (nSPS) is 16.3. The van der Waals surface area contributed by atoms with E-state index in [4.69, 9.17) is 0 Å². The average Bonchev–Trinajstić information content (AvgIpc) is 3.16. The second-order valence-corrected chi connectivity index (χ2v) is 8.39. The molecule has 34 heavy (non-hydrogen) atoms. The van der Waals surface area contributed by atoms with Gasteiger partial charge in [0.1, 0.15) is 5.66 Å². The van der Waals surface area contributed by atoms with Crippen molar-refractivity contribution >= 4 is 28.9 Å². The molecule has 0 fully saturated rings. The van der Waals surface area contributed by atoms with Crippen LogP contribution < -0.4 is 15.5 Å². The highest BCUT2D eigenvalue weighted by molar-refractivity contribution is 6.06. The lowest BCUT2D eigenvalue weighted by Crippen LogP contribution is -2.43. The first-order chi connectivity index (χ1) is 16.3. The molecule has 0 bridgehead atoms. The summed E-state index contributed by atoms with van der Waals surface area (Å²) in [7, 11) is 0. The minimum Gasteiger partial charge on any atom is -0.481 e. The highest BCUT2D eigenvalue weighted by atomic mass is 19.2. The fraction of sp³-hybridized carbons (Fsp3) is 0.231. The average molecular weight is 466 g/mol. The molecule has 0 radical (unpaired) electrons. The maximum absolute atomic E-state index is 13.9. The molecule has 1 aliphatic heterocycles. The fourth-order valence-corrected chi connectivity index (χ4v) is 4.28. The molecule has 1 atom stereocenters. The minimum atomic E-state index is -1.09. The number of carbonyl (C=O) groups excluding carboxylic acids is 1. The Morgan fingerprint density at radius 3 is 2.35 bits per heavy atom. The van der Waals surface area contributed by atoms with Gasteiger partial charge >= 0.3 is 5.97 Å². The van der Waals surface area contributed by atoms with E-state index >= 15 is 0 Å². The molecule has 3 aromatic carbocycles. The molecule has 0 spiro atoms. The zero-order chi connectivity index (χ0) is 24.3. The Labute approximate surface area is 196 Å². The fourth-order valence-electron chi connectivity index (χ4n) is 4.28. The van der Waals surface area contributed by atoms with Crippen LogP contribution in [0.25, 0.3) is 0 Å². The van der Waals surface area contributed by atoms with Crippen LogP contribution in [0.2, 0.25) is 0 Å². The summed E-state index contributed by atoms with van der Waals surface area (Å²) in [4.78, 5) is 26.4. The number of anilines is 3. The van der Waals surface area contributed by atoms with Crippen LogP contribution in [0.3, 0.4) is 0 Å². The smallest absolute Gasteiger partial charge is 0.307 e.